The number of amides is 1. The lowest BCUT2D eigenvalue weighted by atomic mass is 10.2. The van der Waals surface area contributed by atoms with Crippen LogP contribution in [0.15, 0.2) is 17.2 Å². The highest BCUT2D eigenvalue weighted by atomic mass is 35.5. The molecule has 2 N–H and O–H groups in total. The molecule has 1 amide bonds. The Morgan fingerprint density at radius 3 is 2.62 bits per heavy atom. The highest BCUT2D eigenvalue weighted by molar-refractivity contribution is 7.89. The second-order valence-electron chi connectivity index (χ2n) is 6.30. The molecular weight excluding hydrogens is 352 g/mol. The molecule has 2 aliphatic rings. The van der Waals surface area contributed by atoms with E-state index in [2.05, 4.69) is 10.6 Å². The monoisotopic (exact) mass is 376 g/mol. The summed E-state index contributed by atoms with van der Waals surface area (Å²) in [6, 6.07) is 1.60. The Balaban J connectivity index is 0.00000208. The van der Waals surface area contributed by atoms with Gasteiger partial charge in [-0.1, -0.05) is 6.42 Å². The summed E-state index contributed by atoms with van der Waals surface area (Å²) in [5.74, 6) is -0.221. The molecule has 0 saturated carbocycles. The summed E-state index contributed by atoms with van der Waals surface area (Å²) < 4.78 is 28.5. The summed E-state index contributed by atoms with van der Waals surface area (Å²) in [5.41, 5.74) is 0.382. The Kier molecular flexibility index (Phi) is 6.30. The number of sulfonamides is 1. The SMILES string of the molecule is Cl.Cn1cc(S(=O)(=O)N2CCCCC2)cc1C(=O)NC1CCNC1. The van der Waals surface area contributed by atoms with Crippen LogP contribution in [0.25, 0.3) is 0 Å². The van der Waals surface area contributed by atoms with Gasteiger partial charge in [-0.2, -0.15) is 4.31 Å². The van der Waals surface area contributed by atoms with Crippen molar-refractivity contribution >= 4 is 28.3 Å². The van der Waals surface area contributed by atoms with E-state index in [1.54, 1.807) is 11.6 Å². The Labute approximate surface area is 149 Å². The molecule has 0 spiro atoms. The average molecular weight is 377 g/mol. The van der Waals surface area contributed by atoms with Crippen LogP contribution in [0.4, 0.5) is 0 Å². The number of carbonyl (C=O) groups is 1. The van der Waals surface area contributed by atoms with E-state index in [-0.39, 0.29) is 29.3 Å². The van der Waals surface area contributed by atoms with Crippen LogP contribution in [0.1, 0.15) is 36.2 Å². The van der Waals surface area contributed by atoms with Gasteiger partial charge in [-0.25, -0.2) is 8.42 Å². The van der Waals surface area contributed by atoms with Crippen molar-refractivity contribution in [3.8, 4) is 0 Å². The fraction of sp³-hybridized carbons (Fsp3) is 0.667. The summed E-state index contributed by atoms with van der Waals surface area (Å²) in [6.45, 7) is 2.78. The van der Waals surface area contributed by atoms with Crippen LogP contribution >= 0.6 is 12.4 Å². The number of hydrogen-bond donors (Lipinski definition) is 2. The van der Waals surface area contributed by atoms with Gasteiger partial charge < -0.3 is 15.2 Å². The topological polar surface area (TPSA) is 83.4 Å². The number of piperidine rings is 1. The van der Waals surface area contributed by atoms with E-state index >= 15 is 0 Å². The van der Waals surface area contributed by atoms with Crippen LogP contribution in [0.5, 0.6) is 0 Å². The molecular formula is C15H25ClN4O3S. The fourth-order valence-corrected chi connectivity index (χ4v) is 4.78. The van der Waals surface area contributed by atoms with Gasteiger partial charge in [-0.15, -0.1) is 12.4 Å². The number of carbonyl (C=O) groups excluding carboxylic acids is 1. The van der Waals surface area contributed by atoms with Gasteiger partial charge in [-0.3, -0.25) is 4.79 Å². The second kappa shape index (κ2) is 7.86. The van der Waals surface area contributed by atoms with Crippen molar-refractivity contribution in [2.24, 2.45) is 7.05 Å². The van der Waals surface area contributed by atoms with Crippen LogP contribution in [0.3, 0.4) is 0 Å². The molecule has 2 aliphatic heterocycles. The van der Waals surface area contributed by atoms with E-state index in [0.29, 0.717) is 18.8 Å². The maximum absolute atomic E-state index is 12.7. The first-order valence-corrected chi connectivity index (χ1v) is 9.60. The number of aryl methyl sites for hydroxylation is 1. The zero-order chi connectivity index (χ0) is 16.4. The average Bonchev–Trinajstić information content (AvgIpc) is 3.18. The van der Waals surface area contributed by atoms with E-state index in [0.717, 1.165) is 38.8 Å². The van der Waals surface area contributed by atoms with E-state index < -0.39 is 10.0 Å². The molecule has 0 bridgehead atoms. The van der Waals surface area contributed by atoms with E-state index in [1.165, 1.54) is 16.6 Å². The molecule has 1 atom stereocenters. The first kappa shape index (κ1) is 19.2. The lowest BCUT2D eigenvalue weighted by Crippen LogP contribution is -2.37. The predicted molar refractivity (Wildman–Crippen MR) is 94.0 cm³/mol. The Hall–Kier alpha value is -1.09. The Morgan fingerprint density at radius 1 is 1.29 bits per heavy atom. The number of rotatable bonds is 4. The van der Waals surface area contributed by atoms with Gasteiger partial charge in [0, 0.05) is 38.9 Å². The fourth-order valence-electron chi connectivity index (χ4n) is 3.19. The number of nitrogens with one attached hydrogen (secondary N) is 2. The van der Waals surface area contributed by atoms with Gasteiger partial charge in [-0.05, 0) is 31.9 Å². The molecule has 7 nitrogen and oxygen atoms in total. The predicted octanol–water partition coefficient (Wildman–Crippen LogP) is 0.713. The number of hydrogen-bond acceptors (Lipinski definition) is 4. The third-order valence-electron chi connectivity index (χ3n) is 4.56. The third-order valence-corrected chi connectivity index (χ3v) is 6.42. The van der Waals surface area contributed by atoms with Crippen molar-refractivity contribution in [2.75, 3.05) is 26.2 Å². The molecule has 0 aromatic carbocycles. The highest BCUT2D eigenvalue weighted by Crippen LogP contribution is 2.22. The van der Waals surface area contributed by atoms with Crippen LogP contribution < -0.4 is 10.6 Å². The lowest BCUT2D eigenvalue weighted by molar-refractivity contribution is 0.0932. The van der Waals surface area contributed by atoms with Gasteiger partial charge in [0.2, 0.25) is 10.0 Å². The zero-order valence-electron chi connectivity index (χ0n) is 13.8. The number of nitrogens with zero attached hydrogens (tertiary/aromatic N) is 2. The van der Waals surface area contributed by atoms with Crippen LogP contribution in [0, 0.1) is 0 Å². The molecule has 24 heavy (non-hydrogen) atoms. The second-order valence-corrected chi connectivity index (χ2v) is 8.24. The number of aromatic nitrogens is 1. The first-order valence-electron chi connectivity index (χ1n) is 8.16. The molecule has 2 saturated heterocycles. The van der Waals surface area contributed by atoms with Crippen LogP contribution in [0.2, 0.25) is 0 Å². The third kappa shape index (κ3) is 3.93. The minimum absolute atomic E-state index is 0. The van der Waals surface area contributed by atoms with Crippen LogP contribution in [-0.2, 0) is 17.1 Å². The van der Waals surface area contributed by atoms with Gasteiger partial charge in [0.15, 0.2) is 0 Å². The van der Waals surface area contributed by atoms with Gasteiger partial charge in [0.25, 0.3) is 5.91 Å². The molecule has 9 heteroatoms. The minimum Gasteiger partial charge on any atom is -0.347 e. The van der Waals surface area contributed by atoms with Crippen molar-refractivity contribution in [3.05, 3.63) is 18.0 Å². The zero-order valence-corrected chi connectivity index (χ0v) is 15.5. The van der Waals surface area contributed by atoms with Gasteiger partial charge in [0.05, 0.1) is 0 Å². The summed E-state index contributed by atoms with van der Waals surface area (Å²) in [6.07, 6.45) is 5.30. The van der Waals surface area contributed by atoms with Crippen molar-refractivity contribution in [3.63, 3.8) is 0 Å². The Morgan fingerprint density at radius 2 is 2.00 bits per heavy atom. The van der Waals surface area contributed by atoms with E-state index in [1.807, 2.05) is 0 Å². The molecule has 1 unspecified atom stereocenters. The normalized spacial score (nSPS) is 22.1. The van der Waals surface area contributed by atoms with Crippen molar-refractivity contribution in [1.82, 2.24) is 19.5 Å². The lowest BCUT2D eigenvalue weighted by Gasteiger charge is -2.25. The summed E-state index contributed by atoms with van der Waals surface area (Å²) >= 11 is 0. The number of halogens is 1. The van der Waals surface area contributed by atoms with Gasteiger partial charge in [0.1, 0.15) is 10.6 Å². The van der Waals surface area contributed by atoms with Crippen molar-refractivity contribution in [1.29, 1.82) is 0 Å². The molecule has 0 radical (unpaired) electrons. The largest absolute Gasteiger partial charge is 0.347 e. The molecule has 2 fully saturated rings. The molecule has 3 rings (SSSR count). The van der Waals surface area contributed by atoms with Crippen molar-refractivity contribution in [2.45, 2.75) is 36.6 Å². The Bertz CT molecular complexity index is 677. The minimum atomic E-state index is -3.50. The highest BCUT2D eigenvalue weighted by Gasteiger charge is 2.29. The maximum atomic E-state index is 12.7. The molecule has 136 valence electrons. The molecule has 0 aliphatic carbocycles. The molecule has 1 aromatic heterocycles. The first-order chi connectivity index (χ1) is 11.0. The molecule has 1 aromatic rings. The maximum Gasteiger partial charge on any atom is 0.268 e. The van der Waals surface area contributed by atoms with E-state index in [4.69, 9.17) is 0 Å². The molecule has 3 heterocycles. The summed E-state index contributed by atoms with van der Waals surface area (Å²) in [5, 5.41) is 6.14. The van der Waals surface area contributed by atoms with Crippen LogP contribution in [-0.4, -0.2) is 55.4 Å². The summed E-state index contributed by atoms with van der Waals surface area (Å²) in [4.78, 5) is 12.6. The smallest absolute Gasteiger partial charge is 0.268 e. The van der Waals surface area contributed by atoms with E-state index in [9.17, 15) is 13.2 Å². The standard InChI is InChI=1S/C15H24N4O3S.ClH/c1-18-11-13(23(21,22)19-7-3-2-4-8-19)9-14(18)15(20)17-12-5-6-16-10-12;/h9,11-12,16H,2-8,10H2,1H3,(H,17,20);1H. The van der Waals surface area contributed by atoms with Crippen molar-refractivity contribution < 1.29 is 13.2 Å². The summed E-state index contributed by atoms with van der Waals surface area (Å²) in [7, 11) is -1.80. The quantitative estimate of drug-likeness (QED) is 0.810. The van der Waals surface area contributed by atoms with Gasteiger partial charge >= 0.3 is 0 Å².